The van der Waals surface area contributed by atoms with Crippen molar-refractivity contribution >= 4 is 13.4 Å². The topological polar surface area (TPSA) is 49.9 Å². The Hall–Kier alpha value is -1.42. The lowest BCUT2D eigenvalue weighted by atomic mass is 9.78. The van der Waals surface area contributed by atoms with Gasteiger partial charge in [0.2, 0.25) is 7.44 Å². The van der Waals surface area contributed by atoms with Crippen molar-refractivity contribution in [1.29, 1.82) is 0 Å². The van der Waals surface area contributed by atoms with Crippen molar-refractivity contribution in [2.24, 2.45) is 11.8 Å². The summed E-state index contributed by atoms with van der Waals surface area (Å²) in [5, 5.41) is 0. The lowest BCUT2D eigenvalue weighted by Gasteiger charge is -2.31. The van der Waals surface area contributed by atoms with Crippen molar-refractivity contribution in [2.45, 2.75) is 83.9 Å². The van der Waals surface area contributed by atoms with Gasteiger partial charge in [0.25, 0.3) is 0 Å². The highest BCUT2D eigenvalue weighted by atomic mass is 31.2. The molecule has 6 heteroatoms. The number of rotatable bonds is 6. The van der Waals surface area contributed by atoms with Crippen LogP contribution in [0.25, 0.3) is 0 Å². The number of allylic oxidation sites excluding steroid dienone is 1. The number of nitrogens with zero attached hydrogens (tertiary/aromatic N) is 2. The van der Waals surface area contributed by atoms with Crippen LogP contribution in [-0.2, 0) is 14.1 Å². The van der Waals surface area contributed by atoms with Gasteiger partial charge < -0.3 is 4.74 Å². The highest BCUT2D eigenvalue weighted by molar-refractivity contribution is 7.62. The number of likely N-dealkylation sites (N-methyl/N-ethyl adjacent to an activating group) is 2. The minimum absolute atomic E-state index is 0.0233. The number of hydrogen-bond acceptors (Lipinski definition) is 3. The molecule has 0 spiro atoms. The monoisotopic (exact) mass is 460 g/mol. The van der Waals surface area contributed by atoms with Crippen molar-refractivity contribution in [1.82, 2.24) is 9.34 Å². The Balaban J connectivity index is 1.87. The average Bonchev–Trinajstić information content (AvgIpc) is 2.94. The highest BCUT2D eigenvalue weighted by Crippen LogP contribution is 2.63. The van der Waals surface area contributed by atoms with Crippen LogP contribution in [0.1, 0.15) is 71.8 Å². The van der Waals surface area contributed by atoms with Crippen molar-refractivity contribution in [3.05, 3.63) is 47.8 Å². The number of hydrogen-bond donors (Lipinski definition) is 0. The maximum absolute atomic E-state index is 14.1. The third-order valence-electron chi connectivity index (χ3n) is 7.21. The lowest BCUT2D eigenvalue weighted by Crippen LogP contribution is -2.37. The molecule has 5 nitrogen and oxygen atoms in total. The van der Waals surface area contributed by atoms with Crippen molar-refractivity contribution in [2.75, 3.05) is 14.1 Å². The van der Waals surface area contributed by atoms with Crippen molar-refractivity contribution in [3.8, 4) is 0 Å². The molecule has 0 N–H and O–H groups in total. The molecule has 1 aromatic carbocycles. The van der Waals surface area contributed by atoms with E-state index in [1.54, 1.807) is 0 Å². The predicted molar refractivity (Wildman–Crippen MR) is 132 cm³/mol. The number of esters is 1. The summed E-state index contributed by atoms with van der Waals surface area (Å²) < 4.78 is 24.0. The van der Waals surface area contributed by atoms with E-state index in [1.807, 2.05) is 65.8 Å². The van der Waals surface area contributed by atoms with Gasteiger partial charge in [0, 0.05) is 23.8 Å². The molecule has 2 fully saturated rings. The fourth-order valence-corrected chi connectivity index (χ4v) is 8.20. The molecule has 0 amide bonds. The van der Waals surface area contributed by atoms with Gasteiger partial charge in [-0.15, -0.1) is 0 Å². The van der Waals surface area contributed by atoms with E-state index in [0.29, 0.717) is 12.1 Å². The Labute approximate surface area is 194 Å². The summed E-state index contributed by atoms with van der Waals surface area (Å²) in [6.07, 6.45) is 6.72. The van der Waals surface area contributed by atoms with E-state index >= 15 is 0 Å². The number of carbonyl (C=O) groups excluding carboxylic acids is 1. The molecule has 1 aliphatic carbocycles. The van der Waals surface area contributed by atoms with Crippen LogP contribution < -0.4 is 0 Å². The second-order valence-corrected chi connectivity index (χ2v) is 13.4. The van der Waals surface area contributed by atoms with Gasteiger partial charge in [0.15, 0.2) is 0 Å². The quantitative estimate of drug-likeness (QED) is 0.369. The third kappa shape index (κ3) is 5.21. The average molecular weight is 461 g/mol. The van der Waals surface area contributed by atoms with Crippen LogP contribution in [0, 0.1) is 11.8 Å². The van der Waals surface area contributed by atoms with Gasteiger partial charge in [0.05, 0.1) is 5.92 Å². The summed E-state index contributed by atoms with van der Waals surface area (Å²) in [6, 6.07) is 10.9. The molecule has 1 aliphatic heterocycles. The molecule has 1 aromatic rings. The first-order valence-electron chi connectivity index (χ1n) is 12.0. The standard InChI is InChI=1S/C26H41N2O3P/c1-19(17-18-32(30)27(6)22-15-11-12-16-23(22)28(32)7)24(21-13-9-8-10-14-21)20(2)25(29)31-26(3,4)5/h8-10,13-14,17-20,22-24H,11-12,15-16H2,1-7H3/b18-17+/t19-,20+,22+,23+,24-/m0/s1. The van der Waals surface area contributed by atoms with Crippen LogP contribution >= 0.6 is 7.44 Å². The molecule has 0 aromatic heterocycles. The fourth-order valence-electron chi connectivity index (χ4n) is 5.45. The molecule has 3 rings (SSSR count). The lowest BCUT2D eigenvalue weighted by molar-refractivity contribution is -0.160. The second-order valence-electron chi connectivity index (χ2n) is 10.6. The van der Waals surface area contributed by atoms with E-state index in [0.717, 1.165) is 18.4 Å². The molecular weight excluding hydrogens is 419 g/mol. The Morgan fingerprint density at radius 2 is 1.59 bits per heavy atom. The van der Waals surface area contributed by atoms with Gasteiger partial charge in [-0.1, -0.05) is 63.1 Å². The highest BCUT2D eigenvalue weighted by Gasteiger charge is 2.50. The van der Waals surface area contributed by atoms with Gasteiger partial charge in [-0.05, 0) is 59.2 Å². The summed E-state index contributed by atoms with van der Waals surface area (Å²) in [6.45, 7) is 9.75. The summed E-state index contributed by atoms with van der Waals surface area (Å²) in [7, 11) is 1.27. The molecule has 1 saturated carbocycles. The molecule has 1 saturated heterocycles. The minimum atomic E-state index is -2.76. The molecule has 0 unspecified atom stereocenters. The molecule has 32 heavy (non-hydrogen) atoms. The summed E-state index contributed by atoms with van der Waals surface area (Å²) in [5.41, 5.74) is 0.574. The minimum Gasteiger partial charge on any atom is -0.460 e. The fraction of sp³-hybridized carbons (Fsp3) is 0.654. The van der Waals surface area contributed by atoms with Crippen LogP contribution in [-0.4, -0.2) is 47.1 Å². The summed E-state index contributed by atoms with van der Waals surface area (Å²) in [5.74, 6) is 1.39. The van der Waals surface area contributed by atoms with E-state index in [1.165, 1.54) is 12.8 Å². The maximum Gasteiger partial charge on any atom is 0.309 e. The number of fused-ring (bicyclic) bond motifs is 1. The molecular formula is C26H41N2O3P. The Bertz CT molecular complexity index is 842. The van der Waals surface area contributed by atoms with Crippen LogP contribution in [0.4, 0.5) is 0 Å². The van der Waals surface area contributed by atoms with Gasteiger partial charge in [-0.3, -0.25) is 9.36 Å². The molecule has 5 atom stereocenters. The SMILES string of the molecule is C[C@@H](/C=C/P1(=O)N(C)[C@@H]2CCCC[C@H]2N1C)[C@H](c1ccccc1)[C@@H](C)C(=O)OC(C)(C)C. The molecule has 178 valence electrons. The maximum atomic E-state index is 14.1. The first kappa shape index (κ1) is 25.2. The first-order valence-corrected chi connectivity index (χ1v) is 13.7. The Morgan fingerprint density at radius 3 is 2.09 bits per heavy atom. The zero-order valence-electron chi connectivity index (χ0n) is 20.8. The van der Waals surface area contributed by atoms with E-state index < -0.39 is 13.0 Å². The van der Waals surface area contributed by atoms with Crippen LogP contribution in [0.15, 0.2) is 42.2 Å². The van der Waals surface area contributed by atoms with Crippen molar-refractivity contribution in [3.63, 3.8) is 0 Å². The van der Waals surface area contributed by atoms with E-state index in [-0.39, 0.29) is 23.7 Å². The van der Waals surface area contributed by atoms with E-state index in [4.69, 9.17) is 4.74 Å². The Kier molecular flexibility index (Phi) is 7.74. The Morgan fingerprint density at radius 1 is 1.06 bits per heavy atom. The van der Waals surface area contributed by atoms with Gasteiger partial charge in [-0.25, -0.2) is 9.34 Å². The van der Waals surface area contributed by atoms with Gasteiger partial charge >= 0.3 is 5.97 Å². The number of ether oxygens (including phenoxy) is 1. The summed E-state index contributed by atoms with van der Waals surface area (Å²) >= 11 is 0. The zero-order valence-corrected chi connectivity index (χ0v) is 21.7. The largest absolute Gasteiger partial charge is 0.460 e. The second kappa shape index (κ2) is 9.83. The molecule has 1 heterocycles. The van der Waals surface area contributed by atoms with Crippen LogP contribution in [0.2, 0.25) is 0 Å². The summed E-state index contributed by atoms with van der Waals surface area (Å²) in [4.78, 5) is 13.0. The first-order chi connectivity index (χ1) is 15.0. The molecule has 0 bridgehead atoms. The van der Waals surface area contributed by atoms with E-state index in [2.05, 4.69) is 34.5 Å². The number of carbonyl (C=O) groups is 1. The van der Waals surface area contributed by atoms with Crippen LogP contribution in [0.5, 0.6) is 0 Å². The molecule has 0 radical (unpaired) electrons. The van der Waals surface area contributed by atoms with Crippen LogP contribution in [0.3, 0.4) is 0 Å². The third-order valence-corrected chi connectivity index (χ3v) is 10.2. The predicted octanol–water partition coefficient (Wildman–Crippen LogP) is 6.28. The molecule has 2 aliphatic rings. The van der Waals surface area contributed by atoms with E-state index in [9.17, 15) is 9.36 Å². The smallest absolute Gasteiger partial charge is 0.309 e. The normalized spacial score (nSPS) is 27.1. The zero-order chi connectivity index (χ0) is 23.7. The van der Waals surface area contributed by atoms with Gasteiger partial charge in [0.1, 0.15) is 5.60 Å². The van der Waals surface area contributed by atoms with Crippen molar-refractivity contribution < 1.29 is 14.1 Å². The number of benzene rings is 1. The van der Waals surface area contributed by atoms with Gasteiger partial charge in [-0.2, -0.15) is 0 Å².